The molecule has 0 saturated carbocycles. The highest BCUT2D eigenvalue weighted by Gasteiger charge is 2.06. The zero-order valence-corrected chi connectivity index (χ0v) is 13.4. The summed E-state index contributed by atoms with van der Waals surface area (Å²) in [5.41, 5.74) is 2.70. The second-order valence-electron chi connectivity index (χ2n) is 5.47. The van der Waals surface area contributed by atoms with Gasteiger partial charge in [-0.05, 0) is 42.8 Å². The van der Waals surface area contributed by atoms with Gasteiger partial charge in [-0.3, -0.25) is 4.79 Å². The highest BCUT2D eigenvalue weighted by molar-refractivity contribution is 5.94. The number of ether oxygens (including phenoxy) is 1. The van der Waals surface area contributed by atoms with Gasteiger partial charge >= 0.3 is 0 Å². The van der Waals surface area contributed by atoms with E-state index >= 15 is 0 Å². The molecule has 0 saturated heterocycles. The van der Waals surface area contributed by atoms with Crippen molar-refractivity contribution in [2.45, 2.75) is 13.5 Å². The number of aromatic nitrogens is 1. The molecule has 4 heteroatoms. The zero-order chi connectivity index (χ0) is 16.8. The van der Waals surface area contributed by atoms with Crippen molar-refractivity contribution < 1.29 is 9.53 Å². The Labute approximate surface area is 141 Å². The van der Waals surface area contributed by atoms with Crippen molar-refractivity contribution >= 4 is 5.91 Å². The molecule has 0 bridgehead atoms. The molecule has 0 atom stereocenters. The first-order valence-corrected chi connectivity index (χ1v) is 7.73. The summed E-state index contributed by atoms with van der Waals surface area (Å²) in [5.74, 6) is 1.13. The molecule has 2 aromatic carbocycles. The summed E-state index contributed by atoms with van der Waals surface area (Å²) in [6.07, 6.45) is 1.67. The fraction of sp³-hybridized carbons (Fsp3) is 0.100. The molecule has 1 heterocycles. The smallest absolute Gasteiger partial charge is 0.251 e. The molecule has 4 nitrogen and oxygen atoms in total. The number of benzene rings is 2. The molecule has 0 unspecified atom stereocenters. The van der Waals surface area contributed by atoms with Crippen molar-refractivity contribution in [3.63, 3.8) is 0 Å². The van der Waals surface area contributed by atoms with Gasteiger partial charge in [-0.1, -0.05) is 35.9 Å². The van der Waals surface area contributed by atoms with Crippen LogP contribution >= 0.6 is 0 Å². The van der Waals surface area contributed by atoms with Crippen LogP contribution in [0.2, 0.25) is 0 Å². The Morgan fingerprint density at radius 2 is 1.79 bits per heavy atom. The molecular formula is C20H18N2O2. The van der Waals surface area contributed by atoms with Gasteiger partial charge in [0.1, 0.15) is 5.75 Å². The van der Waals surface area contributed by atoms with Crippen LogP contribution < -0.4 is 10.1 Å². The van der Waals surface area contributed by atoms with Gasteiger partial charge < -0.3 is 10.1 Å². The summed E-state index contributed by atoms with van der Waals surface area (Å²) in [6, 6.07) is 20.6. The number of nitrogens with zero attached hydrogens (tertiary/aromatic N) is 1. The maximum Gasteiger partial charge on any atom is 0.251 e. The average molecular weight is 318 g/mol. The van der Waals surface area contributed by atoms with E-state index < -0.39 is 0 Å². The second kappa shape index (κ2) is 7.42. The first-order chi connectivity index (χ1) is 11.7. The predicted molar refractivity (Wildman–Crippen MR) is 93.1 cm³/mol. The van der Waals surface area contributed by atoms with Crippen LogP contribution in [0.25, 0.3) is 0 Å². The quantitative estimate of drug-likeness (QED) is 0.770. The minimum absolute atomic E-state index is 0.0997. The Bertz CT molecular complexity index is 815. The lowest BCUT2D eigenvalue weighted by Gasteiger charge is -2.08. The third kappa shape index (κ3) is 4.20. The molecule has 0 spiro atoms. The highest BCUT2D eigenvalue weighted by Crippen LogP contribution is 2.19. The Morgan fingerprint density at radius 3 is 2.54 bits per heavy atom. The van der Waals surface area contributed by atoms with E-state index in [4.69, 9.17) is 4.74 Å². The lowest BCUT2D eigenvalue weighted by atomic mass is 10.1. The number of hydrogen-bond donors (Lipinski definition) is 1. The Balaban J connectivity index is 1.62. The van der Waals surface area contributed by atoms with Crippen LogP contribution in [0.4, 0.5) is 0 Å². The fourth-order valence-electron chi connectivity index (χ4n) is 2.21. The molecule has 3 aromatic rings. The van der Waals surface area contributed by atoms with Crippen molar-refractivity contribution in [1.29, 1.82) is 0 Å². The molecule has 0 aliphatic carbocycles. The number of carbonyl (C=O) groups is 1. The Kier molecular flexibility index (Phi) is 4.87. The van der Waals surface area contributed by atoms with Crippen LogP contribution in [-0.2, 0) is 6.54 Å². The third-order valence-electron chi connectivity index (χ3n) is 3.53. The molecule has 0 aliphatic heterocycles. The number of aryl methyl sites for hydroxylation is 1. The first-order valence-electron chi connectivity index (χ1n) is 7.73. The predicted octanol–water partition coefficient (Wildman–Crippen LogP) is 4.11. The van der Waals surface area contributed by atoms with Gasteiger partial charge in [-0.2, -0.15) is 0 Å². The number of carbonyl (C=O) groups excluding carboxylic acids is 1. The first kappa shape index (κ1) is 15.7. The summed E-state index contributed by atoms with van der Waals surface area (Å²) >= 11 is 0. The number of nitrogens with one attached hydrogen (secondary N) is 1. The summed E-state index contributed by atoms with van der Waals surface area (Å²) in [6.45, 7) is 2.41. The van der Waals surface area contributed by atoms with E-state index in [1.54, 1.807) is 6.20 Å². The zero-order valence-electron chi connectivity index (χ0n) is 13.4. The van der Waals surface area contributed by atoms with Gasteiger partial charge in [-0.15, -0.1) is 0 Å². The highest BCUT2D eigenvalue weighted by atomic mass is 16.5. The number of pyridine rings is 1. The second-order valence-corrected chi connectivity index (χ2v) is 5.47. The number of hydrogen-bond acceptors (Lipinski definition) is 3. The molecule has 24 heavy (non-hydrogen) atoms. The van der Waals surface area contributed by atoms with Crippen molar-refractivity contribution in [2.75, 3.05) is 0 Å². The molecule has 0 aliphatic rings. The standard InChI is InChI=1S/C20H18N2O2/c1-15-7-9-17(10-8-15)20(23)22-14-16-11-12-21-19(13-16)24-18-5-3-2-4-6-18/h2-13H,14H2,1H3,(H,22,23). The minimum Gasteiger partial charge on any atom is -0.439 e. The van der Waals surface area contributed by atoms with Crippen molar-refractivity contribution in [3.8, 4) is 11.6 Å². The third-order valence-corrected chi connectivity index (χ3v) is 3.53. The van der Waals surface area contributed by atoms with Gasteiger partial charge in [0.05, 0.1) is 0 Å². The topological polar surface area (TPSA) is 51.2 Å². The Hall–Kier alpha value is -3.14. The monoisotopic (exact) mass is 318 g/mol. The largest absolute Gasteiger partial charge is 0.439 e. The molecule has 1 N–H and O–H groups in total. The van der Waals surface area contributed by atoms with Gasteiger partial charge in [0.2, 0.25) is 5.88 Å². The van der Waals surface area contributed by atoms with Crippen LogP contribution in [0.15, 0.2) is 72.9 Å². The molecule has 1 aromatic heterocycles. The van der Waals surface area contributed by atoms with Gasteiger partial charge in [0.25, 0.3) is 5.91 Å². The van der Waals surface area contributed by atoms with E-state index in [1.165, 1.54) is 0 Å². The average Bonchev–Trinajstić information content (AvgIpc) is 2.61. The van der Waals surface area contributed by atoms with E-state index in [0.29, 0.717) is 18.0 Å². The van der Waals surface area contributed by atoms with Crippen LogP contribution in [0.5, 0.6) is 11.6 Å². The van der Waals surface area contributed by atoms with E-state index in [-0.39, 0.29) is 5.91 Å². The molecule has 0 radical (unpaired) electrons. The van der Waals surface area contributed by atoms with Crippen LogP contribution in [0.3, 0.4) is 0 Å². The summed E-state index contributed by atoms with van der Waals surface area (Å²) in [7, 11) is 0. The summed E-state index contributed by atoms with van der Waals surface area (Å²) in [5, 5.41) is 2.90. The molecule has 1 amide bonds. The summed E-state index contributed by atoms with van der Waals surface area (Å²) in [4.78, 5) is 16.3. The number of amides is 1. The van der Waals surface area contributed by atoms with E-state index in [1.807, 2.05) is 73.7 Å². The summed E-state index contributed by atoms with van der Waals surface area (Å²) < 4.78 is 5.70. The van der Waals surface area contributed by atoms with Gasteiger partial charge in [0.15, 0.2) is 0 Å². The van der Waals surface area contributed by atoms with E-state index in [0.717, 1.165) is 16.9 Å². The van der Waals surface area contributed by atoms with Crippen molar-refractivity contribution in [3.05, 3.63) is 89.6 Å². The van der Waals surface area contributed by atoms with Gasteiger partial charge in [-0.25, -0.2) is 4.98 Å². The number of rotatable bonds is 5. The van der Waals surface area contributed by atoms with Crippen molar-refractivity contribution in [1.82, 2.24) is 10.3 Å². The molecule has 0 fully saturated rings. The van der Waals surface area contributed by atoms with Crippen LogP contribution in [0.1, 0.15) is 21.5 Å². The molecule has 120 valence electrons. The Morgan fingerprint density at radius 1 is 1.04 bits per heavy atom. The normalized spacial score (nSPS) is 10.2. The van der Waals surface area contributed by atoms with Crippen LogP contribution in [0, 0.1) is 6.92 Å². The van der Waals surface area contributed by atoms with Crippen LogP contribution in [-0.4, -0.2) is 10.9 Å². The lowest BCUT2D eigenvalue weighted by Crippen LogP contribution is -2.22. The lowest BCUT2D eigenvalue weighted by molar-refractivity contribution is 0.0951. The van der Waals surface area contributed by atoms with Gasteiger partial charge in [0, 0.05) is 24.4 Å². The fourth-order valence-corrected chi connectivity index (χ4v) is 2.21. The SMILES string of the molecule is Cc1ccc(C(=O)NCc2ccnc(Oc3ccccc3)c2)cc1. The minimum atomic E-state index is -0.0997. The van der Waals surface area contributed by atoms with Crippen molar-refractivity contribution in [2.24, 2.45) is 0 Å². The van der Waals surface area contributed by atoms with E-state index in [9.17, 15) is 4.79 Å². The maximum absolute atomic E-state index is 12.1. The van der Waals surface area contributed by atoms with E-state index in [2.05, 4.69) is 10.3 Å². The maximum atomic E-state index is 12.1. The molecule has 3 rings (SSSR count). The number of para-hydroxylation sites is 1. The molecular weight excluding hydrogens is 300 g/mol.